The van der Waals surface area contributed by atoms with Crippen LogP contribution in [0.5, 0.6) is 11.5 Å². The fraction of sp³-hybridized carbons (Fsp3) is 0.394. The summed E-state index contributed by atoms with van der Waals surface area (Å²) in [6, 6.07) is 10.1. The molecule has 1 atom stereocenters. The molecule has 3 aromatic carbocycles. The van der Waals surface area contributed by atoms with Gasteiger partial charge < -0.3 is 24.2 Å². The van der Waals surface area contributed by atoms with Crippen LogP contribution in [0.4, 0.5) is 10.1 Å². The first kappa shape index (κ1) is 28.6. The van der Waals surface area contributed by atoms with Crippen LogP contribution in [-0.2, 0) is 22.4 Å². The summed E-state index contributed by atoms with van der Waals surface area (Å²) in [7, 11) is 1.34. The molecule has 0 radical (unpaired) electrons. The lowest BCUT2D eigenvalue weighted by Gasteiger charge is -2.30. The number of carbonyl (C=O) groups excluding carboxylic acids is 1. The normalized spacial score (nSPS) is 15.1. The van der Waals surface area contributed by atoms with Crippen molar-refractivity contribution < 1.29 is 33.3 Å². The van der Waals surface area contributed by atoms with Gasteiger partial charge in [-0.3, -0.25) is 4.79 Å². The largest absolute Gasteiger partial charge is 0.493 e. The standard InChI is InChI=1S/C33H36FNO6/c1-18-17-25-22(14-15-35(25)31(36)23-9-7-11-24(34)29(23)39-6)28(27(18)30(32(37)38)41-33(3,4)5)21-12-13-26-20(19(21)2)10-8-16-40-26/h7,9,11-13,17,30H,8,10,14-16H2,1-6H3,(H,37,38)/t30-/m0/s1. The second-order valence-electron chi connectivity index (χ2n) is 11.6. The van der Waals surface area contributed by atoms with Crippen LogP contribution in [-0.4, -0.2) is 42.8 Å². The zero-order valence-electron chi connectivity index (χ0n) is 24.4. The number of aliphatic carboxylic acids is 1. The van der Waals surface area contributed by atoms with Crippen molar-refractivity contribution in [2.45, 2.75) is 65.6 Å². The highest BCUT2D eigenvalue weighted by molar-refractivity contribution is 6.10. The summed E-state index contributed by atoms with van der Waals surface area (Å²) >= 11 is 0. The van der Waals surface area contributed by atoms with Crippen molar-refractivity contribution >= 4 is 17.6 Å². The number of aryl methyl sites for hydroxylation is 1. The maximum atomic E-state index is 14.5. The molecule has 0 unspecified atom stereocenters. The predicted octanol–water partition coefficient (Wildman–Crippen LogP) is 6.59. The van der Waals surface area contributed by atoms with E-state index in [2.05, 4.69) is 0 Å². The number of rotatable bonds is 6. The minimum atomic E-state index is -1.23. The van der Waals surface area contributed by atoms with Crippen LogP contribution in [0.25, 0.3) is 11.1 Å². The number of nitrogens with zero attached hydrogens (tertiary/aromatic N) is 1. The van der Waals surface area contributed by atoms with E-state index in [1.165, 1.54) is 19.2 Å². The van der Waals surface area contributed by atoms with Crippen LogP contribution in [0, 0.1) is 19.7 Å². The molecule has 0 aliphatic carbocycles. The molecule has 0 spiro atoms. The van der Waals surface area contributed by atoms with Gasteiger partial charge in [0.2, 0.25) is 0 Å². The van der Waals surface area contributed by atoms with Gasteiger partial charge in [0.15, 0.2) is 17.7 Å². The average Bonchev–Trinajstić information content (AvgIpc) is 3.34. The lowest BCUT2D eigenvalue weighted by molar-refractivity contribution is -0.160. The molecule has 0 fully saturated rings. The van der Waals surface area contributed by atoms with Gasteiger partial charge in [0.05, 0.1) is 24.9 Å². The van der Waals surface area contributed by atoms with Crippen LogP contribution in [0.2, 0.25) is 0 Å². The summed E-state index contributed by atoms with van der Waals surface area (Å²) in [4.78, 5) is 28.2. The highest BCUT2D eigenvalue weighted by Gasteiger charge is 2.37. The first-order chi connectivity index (χ1) is 19.4. The summed E-state index contributed by atoms with van der Waals surface area (Å²) in [5, 5.41) is 10.4. The molecule has 41 heavy (non-hydrogen) atoms. The number of halogens is 1. The van der Waals surface area contributed by atoms with E-state index in [0.29, 0.717) is 36.4 Å². The Morgan fingerprint density at radius 1 is 1.10 bits per heavy atom. The van der Waals surface area contributed by atoms with Crippen molar-refractivity contribution in [1.82, 2.24) is 0 Å². The number of hydrogen-bond donors (Lipinski definition) is 1. The number of para-hydroxylation sites is 1. The third-order valence-corrected chi connectivity index (χ3v) is 7.79. The molecular weight excluding hydrogens is 525 g/mol. The molecule has 1 N–H and O–H groups in total. The molecular formula is C33H36FNO6. The lowest BCUT2D eigenvalue weighted by atomic mass is 9.83. The van der Waals surface area contributed by atoms with Gasteiger partial charge in [0.1, 0.15) is 5.75 Å². The molecule has 2 aliphatic rings. The van der Waals surface area contributed by atoms with Crippen LogP contribution in [0.3, 0.4) is 0 Å². The predicted molar refractivity (Wildman–Crippen MR) is 155 cm³/mol. The van der Waals surface area contributed by atoms with E-state index >= 15 is 0 Å². The zero-order valence-corrected chi connectivity index (χ0v) is 24.4. The Hall–Kier alpha value is -3.91. The molecule has 2 heterocycles. The molecule has 1 amide bonds. The van der Waals surface area contributed by atoms with Gasteiger partial charge in [-0.1, -0.05) is 12.1 Å². The highest BCUT2D eigenvalue weighted by atomic mass is 19.1. The van der Waals surface area contributed by atoms with Crippen LogP contribution < -0.4 is 14.4 Å². The van der Waals surface area contributed by atoms with Crippen molar-refractivity contribution in [2.75, 3.05) is 25.2 Å². The number of methoxy groups -OCH3 is 1. The van der Waals surface area contributed by atoms with E-state index in [9.17, 15) is 19.1 Å². The Bertz CT molecular complexity index is 1540. The molecule has 0 aromatic heterocycles. The van der Waals surface area contributed by atoms with Gasteiger partial charge in [0.25, 0.3) is 5.91 Å². The number of benzene rings is 3. The number of carboxylic acids is 1. The van der Waals surface area contributed by atoms with Gasteiger partial charge in [-0.05, 0) is 112 Å². The third kappa shape index (κ3) is 5.17. The third-order valence-electron chi connectivity index (χ3n) is 7.79. The second kappa shape index (κ2) is 10.8. The Balaban J connectivity index is 1.75. The average molecular weight is 562 g/mol. The lowest BCUT2D eigenvalue weighted by Crippen LogP contribution is -2.30. The van der Waals surface area contributed by atoms with Crippen molar-refractivity contribution in [3.63, 3.8) is 0 Å². The quantitative estimate of drug-likeness (QED) is 0.366. The summed E-state index contributed by atoms with van der Waals surface area (Å²) in [6.45, 7) is 10.4. The molecule has 7 nitrogen and oxygen atoms in total. The number of carbonyl (C=O) groups is 2. The molecule has 2 aliphatic heterocycles. The van der Waals surface area contributed by atoms with Crippen molar-refractivity contribution in [1.29, 1.82) is 0 Å². The Morgan fingerprint density at radius 2 is 1.85 bits per heavy atom. The number of ether oxygens (including phenoxy) is 3. The zero-order chi connectivity index (χ0) is 29.6. The Kier molecular flexibility index (Phi) is 7.55. The van der Waals surface area contributed by atoms with E-state index in [4.69, 9.17) is 14.2 Å². The van der Waals surface area contributed by atoms with Crippen LogP contribution in [0.15, 0.2) is 36.4 Å². The minimum Gasteiger partial charge on any atom is -0.493 e. The van der Waals surface area contributed by atoms with E-state index in [-0.39, 0.29) is 17.2 Å². The molecule has 0 saturated carbocycles. The number of hydrogen-bond acceptors (Lipinski definition) is 5. The SMILES string of the molecule is COc1c(F)cccc1C(=O)N1CCc2c1cc(C)c([C@H](OC(C)(C)C)C(=O)O)c2-c1ccc2c(c1C)CCCO2. The van der Waals surface area contributed by atoms with Gasteiger partial charge in [-0.2, -0.15) is 0 Å². The second-order valence-corrected chi connectivity index (χ2v) is 11.6. The molecule has 5 rings (SSSR count). The number of amides is 1. The van der Waals surface area contributed by atoms with E-state index in [1.807, 2.05) is 52.8 Å². The molecule has 0 saturated heterocycles. The number of fused-ring (bicyclic) bond motifs is 2. The van der Waals surface area contributed by atoms with Gasteiger partial charge in [-0.25, -0.2) is 9.18 Å². The topological polar surface area (TPSA) is 85.3 Å². The van der Waals surface area contributed by atoms with E-state index in [0.717, 1.165) is 46.4 Å². The first-order valence-electron chi connectivity index (χ1n) is 13.9. The highest BCUT2D eigenvalue weighted by Crippen LogP contribution is 2.47. The van der Waals surface area contributed by atoms with Crippen LogP contribution >= 0.6 is 0 Å². The van der Waals surface area contributed by atoms with Gasteiger partial charge >= 0.3 is 5.97 Å². The maximum absolute atomic E-state index is 14.5. The van der Waals surface area contributed by atoms with Gasteiger partial charge in [0, 0.05) is 17.8 Å². The fourth-order valence-corrected chi connectivity index (χ4v) is 6.05. The maximum Gasteiger partial charge on any atom is 0.337 e. The number of carboxylic acid groups (broad SMARTS) is 1. The molecule has 216 valence electrons. The van der Waals surface area contributed by atoms with E-state index in [1.54, 1.807) is 11.0 Å². The Morgan fingerprint density at radius 3 is 2.54 bits per heavy atom. The van der Waals surface area contributed by atoms with Gasteiger partial charge in [-0.15, -0.1) is 0 Å². The fourth-order valence-electron chi connectivity index (χ4n) is 6.05. The minimum absolute atomic E-state index is 0.102. The summed E-state index contributed by atoms with van der Waals surface area (Å²) in [5.41, 5.74) is 5.99. The monoisotopic (exact) mass is 561 g/mol. The van der Waals surface area contributed by atoms with Crippen molar-refractivity contribution in [2.24, 2.45) is 0 Å². The summed E-state index contributed by atoms with van der Waals surface area (Å²) in [5.74, 6) is -1.33. The number of anilines is 1. The summed E-state index contributed by atoms with van der Waals surface area (Å²) < 4.78 is 31.8. The first-order valence-corrected chi connectivity index (χ1v) is 13.9. The van der Waals surface area contributed by atoms with E-state index < -0.39 is 23.5 Å². The smallest absolute Gasteiger partial charge is 0.337 e. The summed E-state index contributed by atoms with van der Waals surface area (Å²) in [6.07, 6.45) is 1.04. The Labute approximate surface area is 239 Å². The molecule has 0 bridgehead atoms. The molecule has 3 aromatic rings. The molecule has 8 heteroatoms. The van der Waals surface area contributed by atoms with Crippen molar-refractivity contribution in [3.8, 4) is 22.6 Å². The van der Waals surface area contributed by atoms with Crippen LogP contribution in [0.1, 0.15) is 71.5 Å². The van der Waals surface area contributed by atoms with Crippen molar-refractivity contribution in [3.05, 3.63) is 75.6 Å².